The van der Waals surface area contributed by atoms with Gasteiger partial charge in [0.15, 0.2) is 0 Å². The summed E-state index contributed by atoms with van der Waals surface area (Å²) in [5.74, 6) is 4.64. The van der Waals surface area contributed by atoms with E-state index in [-0.39, 0.29) is 23.6 Å². The van der Waals surface area contributed by atoms with E-state index < -0.39 is 0 Å². The first-order valence-electron chi connectivity index (χ1n) is 11.7. The molecule has 0 amide bonds. The zero-order valence-electron chi connectivity index (χ0n) is 18.6. The van der Waals surface area contributed by atoms with Crippen LogP contribution in [0.2, 0.25) is 5.31 Å². The summed E-state index contributed by atoms with van der Waals surface area (Å²) in [5.41, 5.74) is 3.94. The van der Waals surface area contributed by atoms with Crippen LogP contribution in [0.1, 0.15) is 74.7 Å². The molecule has 1 heterocycles. The van der Waals surface area contributed by atoms with Crippen LogP contribution in [0.5, 0.6) is 0 Å². The predicted molar refractivity (Wildman–Crippen MR) is 109 cm³/mol. The highest BCUT2D eigenvalue weighted by Crippen LogP contribution is 2.95. The van der Waals surface area contributed by atoms with Gasteiger partial charge in [-0.05, 0) is 66.3 Å². The SMILES string of the molecule is CC(C)C(B1OC23C(=C4CC5C6CC(C)C6(O1)C452)CC3C)(C(C)C)C(C)C. The van der Waals surface area contributed by atoms with E-state index in [2.05, 4.69) is 55.4 Å². The second-order valence-electron chi connectivity index (χ2n) is 12.0. The Labute approximate surface area is 166 Å². The van der Waals surface area contributed by atoms with Crippen molar-refractivity contribution in [3.63, 3.8) is 0 Å². The second-order valence-corrected chi connectivity index (χ2v) is 12.0. The molecule has 0 aromatic carbocycles. The molecule has 0 bridgehead atoms. The Kier molecular flexibility index (Phi) is 2.97. The predicted octanol–water partition coefficient (Wildman–Crippen LogP) is 5.73. The Morgan fingerprint density at radius 1 is 0.852 bits per heavy atom. The molecule has 6 rings (SSSR count). The molecule has 1 saturated heterocycles. The lowest BCUT2D eigenvalue weighted by atomic mass is 9.12. The maximum atomic E-state index is 7.30. The fraction of sp³-hybridized carbons (Fsp3) is 0.917. The monoisotopic (exact) mass is 368 g/mol. The summed E-state index contributed by atoms with van der Waals surface area (Å²) < 4.78 is 14.6. The lowest BCUT2D eigenvalue weighted by molar-refractivity contribution is -0.446. The first kappa shape index (κ1) is 17.6. The molecule has 6 aliphatic rings. The third kappa shape index (κ3) is 1.25. The Morgan fingerprint density at radius 3 is 2.00 bits per heavy atom. The third-order valence-corrected chi connectivity index (χ3v) is 11.1. The molecule has 0 radical (unpaired) electrons. The number of rotatable bonds is 4. The highest BCUT2D eigenvalue weighted by molar-refractivity contribution is 6.50. The Morgan fingerprint density at radius 2 is 1.48 bits per heavy atom. The van der Waals surface area contributed by atoms with Gasteiger partial charge in [-0.2, -0.15) is 0 Å². The van der Waals surface area contributed by atoms with Crippen molar-refractivity contribution in [3.8, 4) is 0 Å². The van der Waals surface area contributed by atoms with Crippen molar-refractivity contribution in [2.45, 2.75) is 91.2 Å². The van der Waals surface area contributed by atoms with Gasteiger partial charge in [0.1, 0.15) is 0 Å². The average molecular weight is 368 g/mol. The quantitative estimate of drug-likeness (QED) is 0.466. The minimum atomic E-state index is -0.0609. The zero-order chi connectivity index (χ0) is 19.3. The lowest BCUT2D eigenvalue weighted by Crippen LogP contribution is -3.00. The molecule has 7 unspecified atom stereocenters. The first-order valence-corrected chi connectivity index (χ1v) is 11.7. The van der Waals surface area contributed by atoms with Crippen molar-refractivity contribution in [2.75, 3.05) is 0 Å². The smallest absolute Gasteiger partial charge is 0.404 e. The van der Waals surface area contributed by atoms with Crippen molar-refractivity contribution in [1.82, 2.24) is 0 Å². The molecular formula is C24H37BO2. The maximum Gasteiger partial charge on any atom is 0.465 e. The molecular weight excluding hydrogens is 331 g/mol. The van der Waals surface area contributed by atoms with E-state index in [1.165, 1.54) is 19.3 Å². The second kappa shape index (κ2) is 4.56. The summed E-state index contributed by atoms with van der Waals surface area (Å²) in [6.07, 6.45) is 4.03. The van der Waals surface area contributed by atoms with Gasteiger partial charge in [0.25, 0.3) is 0 Å². The highest BCUT2D eigenvalue weighted by atomic mass is 16.6. The molecule has 5 fully saturated rings. The van der Waals surface area contributed by atoms with Crippen LogP contribution in [0.3, 0.4) is 0 Å². The summed E-state index contributed by atoms with van der Waals surface area (Å²) >= 11 is 0. The van der Waals surface area contributed by atoms with Gasteiger partial charge in [-0.1, -0.05) is 61.0 Å². The molecule has 4 saturated carbocycles. The molecule has 2 nitrogen and oxygen atoms in total. The fourth-order valence-corrected chi connectivity index (χ4v) is 10.4. The van der Waals surface area contributed by atoms with Crippen LogP contribution in [0.15, 0.2) is 11.1 Å². The molecule has 5 aliphatic carbocycles. The van der Waals surface area contributed by atoms with E-state index in [0.717, 1.165) is 11.8 Å². The normalized spacial score (nSPS) is 51.4. The van der Waals surface area contributed by atoms with Crippen LogP contribution < -0.4 is 0 Å². The zero-order valence-corrected chi connectivity index (χ0v) is 18.6. The van der Waals surface area contributed by atoms with Gasteiger partial charge < -0.3 is 9.31 Å². The van der Waals surface area contributed by atoms with Crippen molar-refractivity contribution in [3.05, 3.63) is 11.1 Å². The van der Waals surface area contributed by atoms with Gasteiger partial charge in [-0.3, -0.25) is 0 Å². The van der Waals surface area contributed by atoms with Crippen molar-refractivity contribution < 1.29 is 9.31 Å². The van der Waals surface area contributed by atoms with Gasteiger partial charge >= 0.3 is 7.12 Å². The number of hydrogen-bond donors (Lipinski definition) is 0. The molecule has 3 spiro atoms. The van der Waals surface area contributed by atoms with E-state index in [4.69, 9.17) is 9.31 Å². The summed E-state index contributed by atoms with van der Waals surface area (Å²) in [4.78, 5) is 0. The largest absolute Gasteiger partial charge is 0.465 e. The molecule has 0 aromatic heterocycles. The summed E-state index contributed by atoms with van der Waals surface area (Å²) in [5, 5.41) is 0.0655. The van der Waals surface area contributed by atoms with Gasteiger partial charge in [-0.15, -0.1) is 0 Å². The van der Waals surface area contributed by atoms with Gasteiger partial charge in [0.05, 0.1) is 16.6 Å². The Bertz CT molecular complexity index is 747. The lowest BCUT2D eigenvalue weighted by Gasteiger charge is -2.96. The minimum absolute atomic E-state index is 0.0449. The van der Waals surface area contributed by atoms with Crippen LogP contribution in [-0.4, -0.2) is 18.3 Å². The molecule has 7 atom stereocenters. The molecule has 3 heteroatoms. The third-order valence-electron chi connectivity index (χ3n) is 11.1. The summed E-state index contributed by atoms with van der Waals surface area (Å²) in [6.45, 7) is 19.3. The number of fused-ring (bicyclic) bond motifs is 1. The standard InChI is InChI=1S/C24H37BO2/c1-12(2)21(13(3)4,14(5)6)25-26-23-15(7)9-19(23)17-11-18-20-10-16(8)24(20,27-25)22(17,18)23/h12-17,19H,9-11H2,1-8H3. The first-order chi connectivity index (χ1) is 12.6. The summed E-state index contributed by atoms with van der Waals surface area (Å²) in [7, 11) is -0.0609. The van der Waals surface area contributed by atoms with E-state index >= 15 is 0 Å². The van der Waals surface area contributed by atoms with Gasteiger partial charge in [0.2, 0.25) is 0 Å². The van der Waals surface area contributed by atoms with Crippen LogP contribution in [0.4, 0.5) is 0 Å². The van der Waals surface area contributed by atoms with E-state index in [1.807, 2.05) is 0 Å². The highest BCUT2D eigenvalue weighted by Gasteiger charge is 2.98. The molecule has 0 aromatic rings. The van der Waals surface area contributed by atoms with E-state index in [0.29, 0.717) is 35.0 Å². The fourth-order valence-electron chi connectivity index (χ4n) is 10.4. The number of hydrogen-bond acceptors (Lipinski definition) is 2. The summed E-state index contributed by atoms with van der Waals surface area (Å²) in [6, 6.07) is 0. The molecule has 0 N–H and O–H groups in total. The van der Waals surface area contributed by atoms with Crippen LogP contribution in [-0.2, 0) is 9.31 Å². The van der Waals surface area contributed by atoms with Gasteiger partial charge in [0, 0.05) is 5.31 Å². The topological polar surface area (TPSA) is 18.5 Å². The average Bonchev–Trinajstić information content (AvgIpc) is 2.57. The van der Waals surface area contributed by atoms with Gasteiger partial charge in [-0.25, -0.2) is 0 Å². The van der Waals surface area contributed by atoms with Crippen LogP contribution >= 0.6 is 0 Å². The molecule has 148 valence electrons. The molecule has 27 heavy (non-hydrogen) atoms. The van der Waals surface area contributed by atoms with Crippen LogP contribution in [0, 0.1) is 46.8 Å². The van der Waals surface area contributed by atoms with Crippen molar-refractivity contribution in [1.29, 1.82) is 0 Å². The van der Waals surface area contributed by atoms with E-state index in [1.54, 1.807) is 11.1 Å². The minimum Gasteiger partial charge on any atom is -0.404 e. The Hall–Kier alpha value is -0.275. The molecule has 1 aliphatic heterocycles. The van der Waals surface area contributed by atoms with Crippen molar-refractivity contribution >= 4 is 7.12 Å². The van der Waals surface area contributed by atoms with Crippen LogP contribution in [0.25, 0.3) is 0 Å². The van der Waals surface area contributed by atoms with Crippen molar-refractivity contribution in [2.24, 2.45) is 46.8 Å². The maximum absolute atomic E-state index is 7.30. The van der Waals surface area contributed by atoms with E-state index in [9.17, 15) is 0 Å². The Balaban J connectivity index is 1.52.